The van der Waals surface area contributed by atoms with Crippen molar-refractivity contribution in [3.63, 3.8) is 0 Å². The van der Waals surface area contributed by atoms with Crippen LogP contribution in [0.1, 0.15) is 25.3 Å². The van der Waals surface area contributed by atoms with Crippen LogP contribution in [0, 0.1) is 11.3 Å². The maximum atomic E-state index is 9.61. The Labute approximate surface area is 109 Å². The van der Waals surface area contributed by atoms with Crippen molar-refractivity contribution in [1.82, 2.24) is 4.90 Å². The van der Waals surface area contributed by atoms with E-state index in [4.69, 9.17) is 4.74 Å². The van der Waals surface area contributed by atoms with Crippen molar-refractivity contribution in [2.24, 2.45) is 0 Å². The molecule has 0 radical (unpaired) electrons. The molecule has 0 amide bonds. The molecule has 0 saturated carbocycles. The molecule has 0 spiro atoms. The fraction of sp³-hybridized carbons (Fsp3) is 0.533. The molecule has 1 aliphatic heterocycles. The summed E-state index contributed by atoms with van der Waals surface area (Å²) in [5, 5.41) is 9.61. The maximum absolute atomic E-state index is 9.61. The van der Waals surface area contributed by atoms with Gasteiger partial charge in [0, 0.05) is 0 Å². The molecule has 1 fully saturated rings. The minimum absolute atomic E-state index is 0.333. The fourth-order valence-corrected chi connectivity index (χ4v) is 2.64. The first kappa shape index (κ1) is 12.9. The average molecular weight is 244 g/mol. The van der Waals surface area contributed by atoms with Gasteiger partial charge in [-0.2, -0.15) is 5.26 Å². The lowest BCUT2D eigenvalue weighted by Crippen LogP contribution is -2.41. The highest BCUT2D eigenvalue weighted by Gasteiger charge is 2.36. The Kier molecular flexibility index (Phi) is 3.88. The second kappa shape index (κ2) is 5.41. The quantitative estimate of drug-likeness (QED) is 0.820. The first-order chi connectivity index (χ1) is 8.74. The van der Waals surface area contributed by atoms with E-state index >= 15 is 0 Å². The molecule has 0 N–H and O–H groups in total. The zero-order valence-corrected chi connectivity index (χ0v) is 11.1. The molecule has 0 atom stereocenters. The van der Waals surface area contributed by atoms with Crippen LogP contribution in [0.5, 0.6) is 5.75 Å². The Morgan fingerprint density at radius 1 is 1.39 bits per heavy atom. The zero-order chi connectivity index (χ0) is 13.0. The Hall–Kier alpha value is -1.53. The third-order valence-corrected chi connectivity index (χ3v) is 3.99. The van der Waals surface area contributed by atoms with Gasteiger partial charge in [-0.3, -0.25) is 0 Å². The smallest absolute Gasteiger partial charge is 0.119 e. The zero-order valence-electron chi connectivity index (χ0n) is 11.1. The Balaban J connectivity index is 2.25. The second-order valence-electron chi connectivity index (χ2n) is 4.86. The topological polar surface area (TPSA) is 36.3 Å². The molecule has 1 aromatic rings. The normalized spacial score (nSPS) is 19.2. The van der Waals surface area contributed by atoms with Gasteiger partial charge in [-0.15, -0.1) is 0 Å². The van der Waals surface area contributed by atoms with E-state index in [1.54, 1.807) is 7.11 Å². The van der Waals surface area contributed by atoms with Gasteiger partial charge in [0.1, 0.15) is 5.75 Å². The van der Waals surface area contributed by atoms with Crippen LogP contribution in [0.4, 0.5) is 0 Å². The highest BCUT2D eigenvalue weighted by Crippen LogP contribution is 2.36. The van der Waals surface area contributed by atoms with E-state index in [2.05, 4.69) is 17.9 Å². The van der Waals surface area contributed by atoms with E-state index < -0.39 is 0 Å². The number of methoxy groups -OCH3 is 1. The van der Waals surface area contributed by atoms with E-state index in [1.807, 2.05) is 24.3 Å². The van der Waals surface area contributed by atoms with Gasteiger partial charge >= 0.3 is 0 Å². The van der Waals surface area contributed by atoms with Gasteiger partial charge in [0.25, 0.3) is 0 Å². The second-order valence-corrected chi connectivity index (χ2v) is 4.86. The summed E-state index contributed by atoms with van der Waals surface area (Å²) in [6.07, 6.45) is 1.81. The summed E-state index contributed by atoms with van der Waals surface area (Å²) in [6.45, 7) is 5.24. The van der Waals surface area contributed by atoms with Crippen LogP contribution in [0.2, 0.25) is 0 Å². The molecule has 18 heavy (non-hydrogen) atoms. The number of piperidine rings is 1. The minimum Gasteiger partial charge on any atom is -0.497 e. The van der Waals surface area contributed by atoms with E-state index in [9.17, 15) is 5.26 Å². The molecule has 1 saturated heterocycles. The number of nitriles is 1. The summed E-state index contributed by atoms with van der Waals surface area (Å²) in [5.41, 5.74) is 0.764. The van der Waals surface area contributed by atoms with E-state index in [-0.39, 0.29) is 5.41 Å². The van der Waals surface area contributed by atoms with Crippen molar-refractivity contribution in [3.8, 4) is 11.8 Å². The Morgan fingerprint density at radius 2 is 2.11 bits per heavy atom. The largest absolute Gasteiger partial charge is 0.497 e. The van der Waals surface area contributed by atoms with E-state index in [0.717, 1.165) is 43.8 Å². The van der Waals surface area contributed by atoms with Gasteiger partial charge in [-0.1, -0.05) is 19.1 Å². The summed E-state index contributed by atoms with van der Waals surface area (Å²) >= 11 is 0. The van der Waals surface area contributed by atoms with Crippen LogP contribution in [-0.4, -0.2) is 31.6 Å². The van der Waals surface area contributed by atoms with Crippen molar-refractivity contribution < 1.29 is 4.74 Å². The van der Waals surface area contributed by atoms with E-state index in [1.165, 1.54) is 0 Å². The van der Waals surface area contributed by atoms with Crippen molar-refractivity contribution in [2.75, 3.05) is 26.7 Å². The van der Waals surface area contributed by atoms with Crippen LogP contribution < -0.4 is 4.74 Å². The Morgan fingerprint density at radius 3 is 2.67 bits per heavy atom. The molecule has 0 unspecified atom stereocenters. The lowest BCUT2D eigenvalue weighted by atomic mass is 9.74. The first-order valence-electron chi connectivity index (χ1n) is 6.52. The molecule has 0 aliphatic carbocycles. The third-order valence-electron chi connectivity index (χ3n) is 3.99. The summed E-state index contributed by atoms with van der Waals surface area (Å²) in [6, 6.07) is 10.5. The van der Waals surface area contributed by atoms with Gasteiger partial charge in [0.05, 0.1) is 18.6 Å². The predicted molar refractivity (Wildman–Crippen MR) is 71.6 cm³/mol. The van der Waals surface area contributed by atoms with Crippen molar-refractivity contribution in [3.05, 3.63) is 29.8 Å². The fourth-order valence-electron chi connectivity index (χ4n) is 2.64. The molecule has 2 rings (SSSR count). The van der Waals surface area contributed by atoms with Crippen molar-refractivity contribution in [2.45, 2.75) is 25.2 Å². The summed E-state index contributed by atoms with van der Waals surface area (Å²) < 4.78 is 5.26. The summed E-state index contributed by atoms with van der Waals surface area (Å²) in [4.78, 5) is 2.40. The highest BCUT2D eigenvalue weighted by molar-refractivity contribution is 5.38. The summed E-state index contributed by atoms with van der Waals surface area (Å²) in [5.74, 6) is 0.833. The maximum Gasteiger partial charge on any atom is 0.119 e. The number of nitrogens with zero attached hydrogens (tertiary/aromatic N) is 2. The standard InChI is InChI=1S/C15H20N2O/c1-3-17-9-7-15(12-16,8-10-17)13-5-4-6-14(11-13)18-2/h4-6,11H,3,7-10H2,1-2H3. The molecule has 3 heteroatoms. The first-order valence-corrected chi connectivity index (χ1v) is 6.52. The average Bonchev–Trinajstić information content (AvgIpc) is 2.47. The van der Waals surface area contributed by atoms with E-state index in [0.29, 0.717) is 0 Å². The van der Waals surface area contributed by atoms with Crippen LogP contribution in [-0.2, 0) is 5.41 Å². The summed E-state index contributed by atoms with van der Waals surface area (Å²) in [7, 11) is 1.66. The van der Waals surface area contributed by atoms with Crippen LogP contribution in [0.25, 0.3) is 0 Å². The van der Waals surface area contributed by atoms with Gasteiger partial charge in [-0.05, 0) is 50.2 Å². The SMILES string of the molecule is CCN1CCC(C#N)(c2cccc(OC)c2)CC1. The molecule has 1 heterocycles. The molecule has 0 aromatic heterocycles. The van der Waals surface area contributed by atoms with Gasteiger partial charge in [-0.25, -0.2) is 0 Å². The van der Waals surface area contributed by atoms with Crippen molar-refractivity contribution in [1.29, 1.82) is 5.26 Å². The Bertz CT molecular complexity index is 442. The van der Waals surface area contributed by atoms with Gasteiger partial charge in [0.2, 0.25) is 0 Å². The third kappa shape index (κ3) is 2.34. The predicted octanol–water partition coefficient (Wildman–Crippen LogP) is 2.57. The number of ether oxygens (including phenoxy) is 1. The monoisotopic (exact) mass is 244 g/mol. The molecule has 96 valence electrons. The highest BCUT2D eigenvalue weighted by atomic mass is 16.5. The molecule has 1 aromatic carbocycles. The van der Waals surface area contributed by atoms with Crippen LogP contribution in [0.15, 0.2) is 24.3 Å². The van der Waals surface area contributed by atoms with Crippen LogP contribution >= 0.6 is 0 Å². The number of rotatable bonds is 3. The molecule has 1 aliphatic rings. The minimum atomic E-state index is -0.333. The molecule has 3 nitrogen and oxygen atoms in total. The molecular formula is C15H20N2O. The van der Waals surface area contributed by atoms with Gasteiger partial charge in [0.15, 0.2) is 0 Å². The number of likely N-dealkylation sites (tertiary alicyclic amines) is 1. The van der Waals surface area contributed by atoms with Crippen molar-refractivity contribution >= 4 is 0 Å². The number of hydrogen-bond donors (Lipinski definition) is 0. The van der Waals surface area contributed by atoms with Crippen LogP contribution in [0.3, 0.4) is 0 Å². The number of benzene rings is 1. The number of hydrogen-bond acceptors (Lipinski definition) is 3. The lowest BCUT2D eigenvalue weighted by Gasteiger charge is -2.37. The molecular weight excluding hydrogens is 224 g/mol. The van der Waals surface area contributed by atoms with Gasteiger partial charge < -0.3 is 9.64 Å². The molecule has 0 bridgehead atoms. The lowest BCUT2D eigenvalue weighted by molar-refractivity contribution is 0.194.